The number of rotatable bonds is 9. The van der Waals surface area contributed by atoms with E-state index in [1.807, 2.05) is 37.5 Å². The first-order chi connectivity index (χ1) is 17.3. The van der Waals surface area contributed by atoms with Gasteiger partial charge in [0.25, 0.3) is 0 Å². The molecule has 1 N–H and O–H groups in total. The van der Waals surface area contributed by atoms with Crippen LogP contribution in [0.2, 0.25) is 5.02 Å². The molecule has 0 saturated heterocycles. The molecule has 36 heavy (non-hydrogen) atoms. The molecule has 10 heteroatoms. The van der Waals surface area contributed by atoms with E-state index in [1.165, 1.54) is 16.6 Å². The van der Waals surface area contributed by atoms with Crippen molar-refractivity contribution in [3.8, 4) is 11.8 Å². The van der Waals surface area contributed by atoms with Crippen molar-refractivity contribution in [2.24, 2.45) is 5.92 Å². The Morgan fingerprint density at radius 1 is 1.33 bits per heavy atom. The molecule has 1 aliphatic carbocycles. The highest BCUT2D eigenvalue weighted by Gasteiger charge is 2.26. The quantitative estimate of drug-likeness (QED) is 0.317. The van der Waals surface area contributed by atoms with Crippen molar-refractivity contribution in [1.29, 1.82) is 5.26 Å². The number of nitrogens with zero attached hydrogens (tertiary/aromatic N) is 4. The summed E-state index contributed by atoms with van der Waals surface area (Å²) in [7, 11) is 0. The highest BCUT2D eigenvalue weighted by molar-refractivity contribution is 7.99. The Morgan fingerprint density at radius 3 is 2.75 bits per heavy atom. The zero-order chi connectivity index (χ0) is 25.8. The third-order valence-corrected chi connectivity index (χ3v) is 9.26. The number of thiophene rings is 1. The molecule has 0 spiro atoms. The number of amides is 1. The van der Waals surface area contributed by atoms with Gasteiger partial charge in [0, 0.05) is 16.4 Å². The van der Waals surface area contributed by atoms with Gasteiger partial charge in [0.15, 0.2) is 11.0 Å². The Kier molecular flexibility index (Phi) is 8.60. The fourth-order valence-corrected chi connectivity index (χ4v) is 6.75. The fraction of sp³-hybridized carbons (Fsp3) is 0.462. The SMILES string of the molecule is CCC1CCc2c(sc(NC(=O)CSc3nnc(COc4cc(C)c(Cl)c(C)c4)n3CC)c2C#N)C1. The predicted octanol–water partition coefficient (Wildman–Crippen LogP) is 6.33. The van der Waals surface area contributed by atoms with Crippen LogP contribution in [0.3, 0.4) is 0 Å². The molecule has 0 radical (unpaired) electrons. The van der Waals surface area contributed by atoms with Crippen LogP contribution in [-0.4, -0.2) is 26.4 Å². The van der Waals surface area contributed by atoms with Gasteiger partial charge in [-0.15, -0.1) is 21.5 Å². The number of ether oxygens (including phenoxy) is 1. The maximum absolute atomic E-state index is 12.8. The molecule has 0 saturated carbocycles. The van der Waals surface area contributed by atoms with E-state index in [4.69, 9.17) is 16.3 Å². The van der Waals surface area contributed by atoms with Gasteiger partial charge in [0.1, 0.15) is 23.4 Å². The van der Waals surface area contributed by atoms with Crippen LogP contribution in [0.15, 0.2) is 17.3 Å². The zero-order valence-electron chi connectivity index (χ0n) is 21.0. The molecule has 1 aromatic carbocycles. The van der Waals surface area contributed by atoms with Crippen molar-refractivity contribution in [3.05, 3.63) is 50.1 Å². The first-order valence-corrected chi connectivity index (χ1v) is 14.3. The average Bonchev–Trinajstić information content (AvgIpc) is 3.43. The number of anilines is 1. The summed E-state index contributed by atoms with van der Waals surface area (Å²) in [6, 6.07) is 6.13. The van der Waals surface area contributed by atoms with Gasteiger partial charge in [0.2, 0.25) is 5.91 Å². The van der Waals surface area contributed by atoms with Gasteiger partial charge in [-0.2, -0.15) is 5.26 Å². The van der Waals surface area contributed by atoms with Gasteiger partial charge < -0.3 is 14.6 Å². The number of carbonyl (C=O) groups excluding carboxylic acids is 1. The van der Waals surface area contributed by atoms with Gasteiger partial charge >= 0.3 is 0 Å². The van der Waals surface area contributed by atoms with Crippen LogP contribution < -0.4 is 10.1 Å². The van der Waals surface area contributed by atoms with Crippen LogP contribution >= 0.6 is 34.7 Å². The van der Waals surface area contributed by atoms with E-state index in [2.05, 4.69) is 28.5 Å². The smallest absolute Gasteiger partial charge is 0.235 e. The number of thioether (sulfide) groups is 1. The molecule has 4 rings (SSSR count). The number of aryl methyl sites for hydroxylation is 2. The molecule has 190 valence electrons. The number of carbonyl (C=O) groups is 1. The van der Waals surface area contributed by atoms with E-state index < -0.39 is 0 Å². The highest BCUT2D eigenvalue weighted by atomic mass is 35.5. The summed E-state index contributed by atoms with van der Waals surface area (Å²) < 4.78 is 7.90. The number of halogens is 1. The lowest BCUT2D eigenvalue weighted by atomic mass is 9.86. The first-order valence-electron chi connectivity index (χ1n) is 12.1. The summed E-state index contributed by atoms with van der Waals surface area (Å²) >= 11 is 9.13. The third-order valence-electron chi connectivity index (χ3n) is 6.53. The van der Waals surface area contributed by atoms with Crippen molar-refractivity contribution < 1.29 is 9.53 Å². The van der Waals surface area contributed by atoms with E-state index in [0.717, 1.165) is 53.1 Å². The summed E-state index contributed by atoms with van der Waals surface area (Å²) in [5.41, 5.74) is 3.67. The van der Waals surface area contributed by atoms with Crippen LogP contribution in [0.5, 0.6) is 5.75 Å². The summed E-state index contributed by atoms with van der Waals surface area (Å²) in [6.45, 7) is 9.03. The molecule has 0 bridgehead atoms. The van der Waals surface area contributed by atoms with E-state index in [1.54, 1.807) is 11.3 Å². The zero-order valence-corrected chi connectivity index (χ0v) is 23.4. The molecule has 0 aliphatic heterocycles. The minimum absolute atomic E-state index is 0.155. The third kappa shape index (κ3) is 5.72. The molecule has 2 heterocycles. The van der Waals surface area contributed by atoms with Crippen LogP contribution in [0, 0.1) is 31.1 Å². The maximum atomic E-state index is 12.8. The molecular weight excluding hydrogens is 514 g/mol. The first kappa shape index (κ1) is 26.5. The topological polar surface area (TPSA) is 92.8 Å². The Labute approximate surface area is 225 Å². The molecule has 2 aromatic heterocycles. The van der Waals surface area contributed by atoms with Gasteiger partial charge in [-0.1, -0.05) is 36.7 Å². The second kappa shape index (κ2) is 11.7. The Balaban J connectivity index is 1.38. The van der Waals surface area contributed by atoms with Crippen LogP contribution in [0.4, 0.5) is 5.00 Å². The van der Waals surface area contributed by atoms with Gasteiger partial charge in [0.05, 0.1) is 11.3 Å². The number of aromatic nitrogens is 3. The minimum Gasteiger partial charge on any atom is -0.486 e. The second-order valence-corrected chi connectivity index (χ2v) is 11.4. The normalized spacial score (nSPS) is 14.8. The lowest BCUT2D eigenvalue weighted by Gasteiger charge is -2.20. The molecule has 7 nitrogen and oxygen atoms in total. The van der Waals surface area contributed by atoms with Gasteiger partial charge in [-0.25, -0.2) is 0 Å². The van der Waals surface area contributed by atoms with Crippen molar-refractivity contribution in [2.45, 2.75) is 71.7 Å². The molecule has 1 amide bonds. The minimum atomic E-state index is -0.155. The van der Waals surface area contributed by atoms with Gasteiger partial charge in [-0.05, 0) is 74.8 Å². The van der Waals surface area contributed by atoms with Crippen molar-refractivity contribution in [3.63, 3.8) is 0 Å². The molecule has 0 fully saturated rings. The number of nitriles is 1. The average molecular weight is 544 g/mol. The van der Waals surface area contributed by atoms with Gasteiger partial charge in [-0.3, -0.25) is 4.79 Å². The van der Waals surface area contributed by atoms with Crippen LogP contribution in [0.25, 0.3) is 0 Å². The second-order valence-electron chi connectivity index (χ2n) is 8.98. The van der Waals surface area contributed by atoms with Crippen molar-refractivity contribution in [2.75, 3.05) is 11.1 Å². The lowest BCUT2D eigenvalue weighted by Crippen LogP contribution is -2.15. The number of nitrogens with one attached hydrogen (secondary N) is 1. The highest BCUT2D eigenvalue weighted by Crippen LogP contribution is 2.40. The van der Waals surface area contributed by atoms with Crippen molar-refractivity contribution in [1.82, 2.24) is 14.8 Å². The Morgan fingerprint density at radius 2 is 2.08 bits per heavy atom. The predicted molar refractivity (Wildman–Crippen MR) is 145 cm³/mol. The Hall–Kier alpha value is -2.54. The van der Waals surface area contributed by atoms with E-state index in [0.29, 0.717) is 34.0 Å². The molecule has 1 aliphatic rings. The van der Waals surface area contributed by atoms with Crippen LogP contribution in [-0.2, 0) is 30.8 Å². The summed E-state index contributed by atoms with van der Waals surface area (Å²) in [4.78, 5) is 14.0. The molecule has 1 unspecified atom stereocenters. The van der Waals surface area contributed by atoms with E-state index >= 15 is 0 Å². The Bertz CT molecular complexity index is 1290. The standard InChI is InChI=1S/C26H30ClN5O2S2/c1-5-17-7-8-19-20(12-28)25(36-21(19)11-17)29-23(33)14-35-26-31-30-22(32(26)6-2)13-34-18-9-15(3)24(27)16(4)10-18/h9-10,17H,5-8,11,13-14H2,1-4H3,(H,29,33). The number of benzene rings is 1. The largest absolute Gasteiger partial charge is 0.486 e. The summed E-state index contributed by atoms with van der Waals surface area (Å²) in [5, 5.41) is 23.3. The number of fused-ring (bicyclic) bond motifs is 1. The number of hydrogen-bond donors (Lipinski definition) is 1. The van der Waals surface area contributed by atoms with E-state index in [9.17, 15) is 10.1 Å². The molecular formula is C26H30ClN5O2S2. The molecule has 3 aromatic rings. The number of hydrogen-bond acceptors (Lipinski definition) is 7. The summed E-state index contributed by atoms with van der Waals surface area (Å²) in [5.74, 6) is 2.10. The summed E-state index contributed by atoms with van der Waals surface area (Å²) in [6.07, 6.45) is 4.16. The molecule has 1 atom stereocenters. The van der Waals surface area contributed by atoms with Crippen molar-refractivity contribution >= 4 is 45.6 Å². The monoisotopic (exact) mass is 543 g/mol. The fourth-order valence-electron chi connectivity index (χ4n) is 4.49. The lowest BCUT2D eigenvalue weighted by molar-refractivity contribution is -0.113. The van der Waals surface area contributed by atoms with E-state index in [-0.39, 0.29) is 18.3 Å². The maximum Gasteiger partial charge on any atom is 0.235 e. The van der Waals surface area contributed by atoms with Crippen LogP contribution in [0.1, 0.15) is 59.6 Å².